The lowest BCUT2D eigenvalue weighted by atomic mass is 10.1. The number of esters is 1. The number of methoxy groups -OCH3 is 1. The fourth-order valence-corrected chi connectivity index (χ4v) is 4.16. The number of aromatic nitrogens is 2. The lowest BCUT2D eigenvalue weighted by Crippen LogP contribution is -2.45. The fraction of sp³-hybridized carbons (Fsp3) is 0.286. The first-order chi connectivity index (χ1) is 16.1. The third-order valence-electron chi connectivity index (χ3n) is 4.70. The van der Waals surface area contributed by atoms with Gasteiger partial charge in [0, 0.05) is 17.7 Å². The van der Waals surface area contributed by atoms with Gasteiger partial charge in [-0.15, -0.1) is 10.2 Å². The van der Waals surface area contributed by atoms with E-state index in [1.54, 1.807) is 13.8 Å². The molecule has 12 nitrogen and oxygen atoms in total. The van der Waals surface area contributed by atoms with Crippen LogP contribution in [0.5, 0.6) is 5.75 Å². The molecule has 0 bridgehead atoms. The van der Waals surface area contributed by atoms with E-state index >= 15 is 0 Å². The molecule has 13 heteroatoms. The number of nitrogens with zero attached hydrogens (tertiary/aromatic N) is 3. The second-order valence-electron chi connectivity index (χ2n) is 7.43. The van der Waals surface area contributed by atoms with Gasteiger partial charge < -0.3 is 13.9 Å². The molecule has 0 radical (unpaired) electrons. The average molecular weight is 490 g/mol. The Hall–Kier alpha value is -3.84. The highest BCUT2D eigenvalue weighted by molar-refractivity contribution is 7.89. The molecule has 34 heavy (non-hydrogen) atoms. The molecule has 1 aromatic heterocycles. The predicted molar refractivity (Wildman–Crippen MR) is 118 cm³/mol. The Labute approximate surface area is 195 Å². The van der Waals surface area contributed by atoms with Crippen molar-refractivity contribution in [2.24, 2.45) is 5.92 Å². The average Bonchev–Trinajstić information content (AvgIpc) is 3.30. The summed E-state index contributed by atoms with van der Waals surface area (Å²) in [4.78, 5) is 22.8. The van der Waals surface area contributed by atoms with Gasteiger partial charge in [0.1, 0.15) is 11.8 Å². The van der Waals surface area contributed by atoms with Crippen LogP contribution in [0.25, 0.3) is 11.5 Å². The molecule has 3 rings (SSSR count). The zero-order valence-electron chi connectivity index (χ0n) is 18.5. The Morgan fingerprint density at radius 3 is 2.32 bits per heavy atom. The lowest BCUT2D eigenvalue weighted by Gasteiger charge is -2.20. The number of carbonyl (C=O) groups is 1. The number of hydrogen-bond donors (Lipinski definition) is 1. The fourth-order valence-electron chi connectivity index (χ4n) is 2.82. The summed E-state index contributed by atoms with van der Waals surface area (Å²) >= 11 is 0. The molecule has 1 N–H and O–H groups in total. The standard InChI is InChI=1S/C21H22N4O8S/c1-13(2)19(24-34(29,30)17-10-8-16(31-3)9-11-17)21(26)32-12-18-22-23-20(33-18)14-4-6-15(7-5-14)25(27)28/h4-11,13,19,24H,12H2,1-3H3/t19-/m0/s1. The number of hydrogen-bond acceptors (Lipinski definition) is 10. The normalized spacial score (nSPS) is 12.4. The molecule has 1 atom stereocenters. The van der Waals surface area contributed by atoms with Crippen molar-refractivity contribution < 1.29 is 32.0 Å². The second-order valence-corrected chi connectivity index (χ2v) is 9.15. The lowest BCUT2D eigenvalue weighted by molar-refractivity contribution is -0.384. The largest absolute Gasteiger partial charge is 0.497 e. The summed E-state index contributed by atoms with van der Waals surface area (Å²) in [6, 6.07) is 10.0. The smallest absolute Gasteiger partial charge is 0.324 e. The van der Waals surface area contributed by atoms with Crippen LogP contribution in [0.3, 0.4) is 0 Å². The quantitative estimate of drug-likeness (QED) is 0.254. The van der Waals surface area contributed by atoms with Gasteiger partial charge in [0.05, 0.1) is 16.9 Å². The number of ether oxygens (including phenoxy) is 2. The molecule has 0 saturated heterocycles. The maximum atomic E-state index is 12.7. The molecule has 3 aromatic rings. The minimum absolute atomic E-state index is 0.0257. The van der Waals surface area contributed by atoms with Gasteiger partial charge in [-0.05, 0) is 42.3 Å². The molecule has 0 aliphatic rings. The minimum Gasteiger partial charge on any atom is -0.497 e. The highest BCUT2D eigenvalue weighted by Crippen LogP contribution is 2.22. The van der Waals surface area contributed by atoms with Crippen LogP contribution in [0.2, 0.25) is 0 Å². The van der Waals surface area contributed by atoms with Crippen molar-refractivity contribution in [3.05, 3.63) is 64.5 Å². The number of carbonyl (C=O) groups excluding carboxylic acids is 1. The van der Waals surface area contributed by atoms with Gasteiger partial charge in [0.2, 0.25) is 15.9 Å². The van der Waals surface area contributed by atoms with Crippen LogP contribution in [-0.4, -0.2) is 42.7 Å². The van der Waals surface area contributed by atoms with E-state index in [0.29, 0.717) is 11.3 Å². The molecule has 0 saturated carbocycles. The van der Waals surface area contributed by atoms with Gasteiger partial charge in [-0.2, -0.15) is 4.72 Å². The third kappa shape index (κ3) is 5.94. The molecule has 0 fully saturated rings. The number of sulfonamides is 1. The summed E-state index contributed by atoms with van der Waals surface area (Å²) < 4.78 is 43.4. The first kappa shape index (κ1) is 24.8. The number of rotatable bonds is 10. The summed E-state index contributed by atoms with van der Waals surface area (Å²) in [5.74, 6) is -0.684. The van der Waals surface area contributed by atoms with Crippen molar-refractivity contribution in [1.82, 2.24) is 14.9 Å². The Balaban J connectivity index is 1.65. The molecule has 0 amide bonds. The molecule has 0 aliphatic heterocycles. The van der Waals surface area contributed by atoms with Gasteiger partial charge in [0.25, 0.3) is 11.6 Å². The summed E-state index contributed by atoms with van der Waals surface area (Å²) in [6.45, 7) is 2.95. The van der Waals surface area contributed by atoms with Crippen molar-refractivity contribution in [2.45, 2.75) is 31.4 Å². The summed E-state index contributed by atoms with van der Waals surface area (Å²) in [5, 5.41) is 18.4. The van der Waals surface area contributed by atoms with E-state index in [1.165, 1.54) is 55.6 Å². The van der Waals surface area contributed by atoms with Gasteiger partial charge in [-0.1, -0.05) is 13.8 Å². The summed E-state index contributed by atoms with van der Waals surface area (Å²) in [5.41, 5.74) is 0.359. The number of non-ortho nitro benzene ring substituents is 1. The highest BCUT2D eigenvalue weighted by Gasteiger charge is 2.30. The predicted octanol–water partition coefficient (Wildman–Crippen LogP) is 2.70. The number of nitro groups is 1. The van der Waals surface area contributed by atoms with E-state index in [1.807, 2.05) is 0 Å². The highest BCUT2D eigenvalue weighted by atomic mass is 32.2. The van der Waals surface area contributed by atoms with Crippen molar-refractivity contribution in [3.8, 4) is 17.2 Å². The summed E-state index contributed by atoms with van der Waals surface area (Å²) in [7, 11) is -2.54. The van der Waals surface area contributed by atoms with Crippen LogP contribution in [0, 0.1) is 16.0 Å². The molecular formula is C21H22N4O8S. The van der Waals surface area contributed by atoms with Crippen LogP contribution < -0.4 is 9.46 Å². The first-order valence-electron chi connectivity index (χ1n) is 10.0. The maximum Gasteiger partial charge on any atom is 0.324 e. The van der Waals surface area contributed by atoms with E-state index in [2.05, 4.69) is 14.9 Å². The molecule has 1 heterocycles. The van der Waals surface area contributed by atoms with Crippen LogP contribution in [0.15, 0.2) is 57.8 Å². The SMILES string of the molecule is COc1ccc(S(=O)(=O)N[C@H](C(=O)OCc2nnc(-c3ccc([N+](=O)[O-])cc3)o2)C(C)C)cc1. The van der Waals surface area contributed by atoms with Gasteiger partial charge in [-0.3, -0.25) is 14.9 Å². The van der Waals surface area contributed by atoms with Crippen LogP contribution in [0.1, 0.15) is 19.7 Å². The molecule has 180 valence electrons. The van der Waals surface area contributed by atoms with Crippen molar-refractivity contribution >= 4 is 21.7 Å². The minimum atomic E-state index is -4.00. The Morgan fingerprint density at radius 1 is 1.12 bits per heavy atom. The zero-order chi connectivity index (χ0) is 24.9. The molecular weight excluding hydrogens is 468 g/mol. The Bertz CT molecular complexity index is 1250. The zero-order valence-corrected chi connectivity index (χ0v) is 19.3. The van der Waals surface area contributed by atoms with E-state index in [9.17, 15) is 23.3 Å². The molecule has 0 aliphatic carbocycles. The van der Waals surface area contributed by atoms with Gasteiger partial charge in [-0.25, -0.2) is 8.42 Å². The maximum absolute atomic E-state index is 12.7. The molecule has 0 spiro atoms. The molecule has 0 unspecified atom stereocenters. The van der Waals surface area contributed by atoms with E-state index in [4.69, 9.17) is 13.9 Å². The van der Waals surface area contributed by atoms with Crippen molar-refractivity contribution in [3.63, 3.8) is 0 Å². The van der Waals surface area contributed by atoms with E-state index in [0.717, 1.165) is 0 Å². The van der Waals surface area contributed by atoms with Crippen LogP contribution in [-0.2, 0) is 26.2 Å². The second kappa shape index (κ2) is 10.4. The van der Waals surface area contributed by atoms with Crippen LogP contribution in [0.4, 0.5) is 5.69 Å². The topological polar surface area (TPSA) is 164 Å². The molecule has 2 aromatic carbocycles. The number of benzene rings is 2. The summed E-state index contributed by atoms with van der Waals surface area (Å²) in [6.07, 6.45) is 0. The Kier molecular flexibility index (Phi) is 7.58. The number of nitrogens with one attached hydrogen (secondary N) is 1. The van der Waals surface area contributed by atoms with Gasteiger partial charge in [0.15, 0.2) is 6.61 Å². The van der Waals surface area contributed by atoms with Crippen LogP contribution >= 0.6 is 0 Å². The van der Waals surface area contributed by atoms with E-state index < -0.39 is 32.9 Å². The van der Waals surface area contributed by atoms with E-state index in [-0.39, 0.29) is 29.0 Å². The number of nitro benzene ring substituents is 1. The first-order valence-corrected chi connectivity index (χ1v) is 11.5. The van der Waals surface area contributed by atoms with Gasteiger partial charge >= 0.3 is 5.97 Å². The van der Waals surface area contributed by atoms with Crippen molar-refractivity contribution in [2.75, 3.05) is 7.11 Å². The third-order valence-corrected chi connectivity index (χ3v) is 6.16. The van der Waals surface area contributed by atoms with Crippen molar-refractivity contribution in [1.29, 1.82) is 0 Å². The monoisotopic (exact) mass is 490 g/mol. The Morgan fingerprint density at radius 2 is 1.76 bits per heavy atom.